The highest BCUT2D eigenvalue weighted by Gasteiger charge is 2.57. The predicted octanol–water partition coefficient (Wildman–Crippen LogP) is 4.35. The summed E-state index contributed by atoms with van der Waals surface area (Å²) in [7, 11) is 2.60. The van der Waals surface area contributed by atoms with Crippen LogP contribution in [0.4, 0.5) is 0 Å². The van der Waals surface area contributed by atoms with E-state index in [-0.39, 0.29) is 6.42 Å². The summed E-state index contributed by atoms with van der Waals surface area (Å²) < 4.78 is 11.0. The fraction of sp³-hybridized carbons (Fsp3) is 0.238. The molecule has 1 aliphatic rings. The summed E-state index contributed by atoms with van der Waals surface area (Å²) in [6, 6.07) is 17.3. The lowest BCUT2D eigenvalue weighted by atomic mass is 9.73. The molecule has 0 amide bonds. The Labute approximate surface area is 160 Å². The Balaban J connectivity index is 2.15. The van der Waals surface area contributed by atoms with E-state index in [1.165, 1.54) is 14.2 Å². The molecule has 0 heterocycles. The number of methoxy groups -OCH3 is 2. The molecule has 0 bridgehead atoms. The molecule has 0 fully saturated rings. The standard InChI is InChI=1S/C21H19BrO4/c1-25-19(23)21(20(24)26-2)13-16(14-8-10-17(22)11-9-14)12-18(21)15-6-4-3-5-7-15/h3-12,18H,13H2,1-2H3/t18-/m0/s1. The minimum absolute atomic E-state index is 0.230. The largest absolute Gasteiger partial charge is 0.468 e. The van der Waals surface area contributed by atoms with Crippen molar-refractivity contribution in [1.29, 1.82) is 0 Å². The number of carbonyl (C=O) groups excluding carboxylic acids is 2. The second-order valence-electron chi connectivity index (χ2n) is 6.22. The number of benzene rings is 2. The lowest BCUT2D eigenvalue weighted by Crippen LogP contribution is -2.43. The molecule has 0 aliphatic heterocycles. The normalized spacial score (nSPS) is 18.1. The van der Waals surface area contributed by atoms with E-state index in [1.54, 1.807) is 0 Å². The van der Waals surface area contributed by atoms with Gasteiger partial charge >= 0.3 is 11.9 Å². The van der Waals surface area contributed by atoms with Gasteiger partial charge in [0.15, 0.2) is 5.41 Å². The summed E-state index contributed by atoms with van der Waals surface area (Å²) in [5.74, 6) is -1.62. The predicted molar refractivity (Wildman–Crippen MR) is 102 cm³/mol. The topological polar surface area (TPSA) is 52.6 Å². The molecule has 1 aliphatic carbocycles. The Morgan fingerprint density at radius 1 is 0.962 bits per heavy atom. The van der Waals surface area contributed by atoms with Crippen LogP contribution in [0.25, 0.3) is 5.57 Å². The van der Waals surface area contributed by atoms with Crippen LogP contribution < -0.4 is 0 Å². The van der Waals surface area contributed by atoms with Crippen molar-refractivity contribution < 1.29 is 19.1 Å². The van der Waals surface area contributed by atoms with Crippen LogP contribution in [0.3, 0.4) is 0 Å². The zero-order valence-corrected chi connectivity index (χ0v) is 16.2. The minimum atomic E-state index is -1.42. The molecule has 2 aromatic carbocycles. The molecular weight excluding hydrogens is 396 g/mol. The smallest absolute Gasteiger partial charge is 0.324 e. The third-order valence-electron chi connectivity index (χ3n) is 4.84. The fourth-order valence-electron chi connectivity index (χ4n) is 3.56. The number of halogens is 1. The van der Waals surface area contributed by atoms with E-state index in [2.05, 4.69) is 15.9 Å². The second-order valence-corrected chi connectivity index (χ2v) is 7.13. The van der Waals surface area contributed by atoms with Crippen molar-refractivity contribution in [1.82, 2.24) is 0 Å². The molecule has 0 saturated heterocycles. The van der Waals surface area contributed by atoms with Crippen LogP contribution in [0.2, 0.25) is 0 Å². The molecule has 1 atom stereocenters. The highest BCUT2D eigenvalue weighted by molar-refractivity contribution is 9.10. The van der Waals surface area contributed by atoms with Gasteiger partial charge in [0.1, 0.15) is 0 Å². The van der Waals surface area contributed by atoms with Gasteiger partial charge in [-0.05, 0) is 28.8 Å². The SMILES string of the molecule is COC(=O)C1(C(=O)OC)CC(c2ccc(Br)cc2)=C[C@H]1c1ccccc1. The molecule has 0 radical (unpaired) electrons. The van der Waals surface area contributed by atoms with Crippen LogP contribution in [0.5, 0.6) is 0 Å². The summed E-state index contributed by atoms with van der Waals surface area (Å²) in [5, 5.41) is 0. The van der Waals surface area contributed by atoms with Gasteiger partial charge in [-0.1, -0.05) is 64.5 Å². The molecule has 26 heavy (non-hydrogen) atoms. The summed E-state index contributed by atoms with van der Waals surface area (Å²) >= 11 is 3.43. The first kappa shape index (κ1) is 18.4. The van der Waals surface area contributed by atoms with Crippen molar-refractivity contribution in [3.63, 3.8) is 0 Å². The van der Waals surface area contributed by atoms with Gasteiger partial charge in [0.25, 0.3) is 0 Å². The van der Waals surface area contributed by atoms with E-state index in [0.29, 0.717) is 0 Å². The number of hydrogen-bond acceptors (Lipinski definition) is 4. The number of esters is 2. The van der Waals surface area contributed by atoms with Crippen molar-refractivity contribution in [3.8, 4) is 0 Å². The molecule has 3 rings (SSSR count). The first-order chi connectivity index (χ1) is 12.5. The van der Waals surface area contributed by atoms with Gasteiger partial charge in [0, 0.05) is 16.8 Å². The maximum Gasteiger partial charge on any atom is 0.324 e. The van der Waals surface area contributed by atoms with Crippen LogP contribution in [0.1, 0.15) is 23.5 Å². The Kier molecular flexibility index (Phi) is 5.28. The molecule has 0 aromatic heterocycles. The number of rotatable bonds is 4. The van der Waals surface area contributed by atoms with E-state index in [0.717, 1.165) is 21.2 Å². The molecular formula is C21H19BrO4. The van der Waals surface area contributed by atoms with Crippen molar-refractivity contribution in [2.24, 2.45) is 5.41 Å². The number of hydrogen-bond donors (Lipinski definition) is 0. The molecule has 0 unspecified atom stereocenters. The average molecular weight is 415 g/mol. The van der Waals surface area contributed by atoms with E-state index >= 15 is 0 Å². The molecule has 5 heteroatoms. The molecule has 0 spiro atoms. The quantitative estimate of drug-likeness (QED) is 0.550. The Morgan fingerprint density at radius 2 is 1.54 bits per heavy atom. The van der Waals surface area contributed by atoms with Crippen molar-refractivity contribution in [3.05, 3.63) is 76.3 Å². The first-order valence-corrected chi connectivity index (χ1v) is 9.00. The third kappa shape index (κ3) is 3.07. The van der Waals surface area contributed by atoms with Gasteiger partial charge in [0.05, 0.1) is 14.2 Å². The van der Waals surface area contributed by atoms with Gasteiger partial charge in [-0.2, -0.15) is 0 Å². The summed E-state index contributed by atoms with van der Waals surface area (Å²) in [6.45, 7) is 0. The van der Waals surface area contributed by atoms with Crippen LogP contribution in [-0.4, -0.2) is 26.2 Å². The second kappa shape index (κ2) is 7.46. The first-order valence-electron chi connectivity index (χ1n) is 8.21. The molecule has 0 saturated carbocycles. The van der Waals surface area contributed by atoms with Crippen LogP contribution in [0, 0.1) is 5.41 Å². The zero-order chi connectivity index (χ0) is 18.7. The van der Waals surface area contributed by atoms with E-state index in [1.807, 2.05) is 60.7 Å². The maximum atomic E-state index is 12.8. The third-order valence-corrected chi connectivity index (χ3v) is 5.37. The van der Waals surface area contributed by atoms with E-state index < -0.39 is 23.3 Å². The maximum absolute atomic E-state index is 12.8. The highest BCUT2D eigenvalue weighted by Crippen LogP contribution is 2.52. The molecule has 134 valence electrons. The number of allylic oxidation sites excluding steroid dienone is 2. The summed E-state index contributed by atoms with van der Waals surface area (Å²) in [5.41, 5.74) is 1.33. The van der Waals surface area contributed by atoms with Gasteiger partial charge in [-0.25, -0.2) is 0 Å². The van der Waals surface area contributed by atoms with Crippen LogP contribution in [-0.2, 0) is 19.1 Å². The van der Waals surface area contributed by atoms with Gasteiger partial charge in [-0.15, -0.1) is 0 Å². The Morgan fingerprint density at radius 3 is 2.08 bits per heavy atom. The van der Waals surface area contributed by atoms with Crippen molar-refractivity contribution in [2.75, 3.05) is 14.2 Å². The molecule has 4 nitrogen and oxygen atoms in total. The monoisotopic (exact) mass is 414 g/mol. The number of ether oxygens (including phenoxy) is 2. The van der Waals surface area contributed by atoms with Gasteiger partial charge < -0.3 is 9.47 Å². The molecule has 2 aromatic rings. The van der Waals surface area contributed by atoms with Crippen molar-refractivity contribution >= 4 is 33.4 Å². The lowest BCUT2D eigenvalue weighted by molar-refractivity contribution is -0.169. The van der Waals surface area contributed by atoms with Gasteiger partial charge in [0.2, 0.25) is 0 Å². The zero-order valence-electron chi connectivity index (χ0n) is 14.6. The summed E-state index contributed by atoms with van der Waals surface area (Å²) in [4.78, 5) is 25.6. The summed E-state index contributed by atoms with van der Waals surface area (Å²) in [6.07, 6.45) is 2.21. The number of carbonyl (C=O) groups is 2. The minimum Gasteiger partial charge on any atom is -0.468 e. The molecule has 0 N–H and O–H groups in total. The van der Waals surface area contributed by atoms with Gasteiger partial charge in [-0.3, -0.25) is 9.59 Å². The Bertz CT molecular complexity index is 824. The highest BCUT2D eigenvalue weighted by atomic mass is 79.9. The fourth-order valence-corrected chi connectivity index (χ4v) is 3.83. The Hall–Kier alpha value is -2.40. The van der Waals surface area contributed by atoms with Crippen LogP contribution in [0.15, 0.2) is 65.1 Å². The van der Waals surface area contributed by atoms with Crippen LogP contribution >= 0.6 is 15.9 Å². The van der Waals surface area contributed by atoms with Crippen molar-refractivity contribution in [2.45, 2.75) is 12.3 Å². The lowest BCUT2D eigenvalue weighted by Gasteiger charge is -2.30. The van der Waals surface area contributed by atoms with E-state index in [9.17, 15) is 9.59 Å². The van der Waals surface area contributed by atoms with E-state index in [4.69, 9.17) is 9.47 Å². The average Bonchev–Trinajstić information content (AvgIpc) is 3.09.